The first kappa shape index (κ1) is 31.4. The number of piperazine rings is 1. The molecule has 5 aromatic rings. The summed E-state index contributed by atoms with van der Waals surface area (Å²) in [5.74, 6) is -0.0684. The zero-order valence-corrected chi connectivity index (χ0v) is 26.6. The first-order valence-electron chi connectivity index (χ1n) is 14.8. The van der Waals surface area contributed by atoms with Crippen LogP contribution in [0, 0.1) is 0 Å². The summed E-state index contributed by atoms with van der Waals surface area (Å²) in [5.41, 5.74) is 1.42. The molecule has 6 rings (SSSR count). The molecule has 0 atom stereocenters. The number of halogens is 1. The molecule has 1 aliphatic rings. The summed E-state index contributed by atoms with van der Waals surface area (Å²) >= 11 is 6.19. The van der Waals surface area contributed by atoms with E-state index < -0.39 is 17.4 Å². The molecule has 0 saturated carbocycles. The number of ether oxygens (including phenoxy) is 1. The van der Waals surface area contributed by atoms with Crippen LogP contribution in [0.4, 0.5) is 22.0 Å². The van der Waals surface area contributed by atoms with Crippen LogP contribution in [0.1, 0.15) is 36.8 Å². The summed E-state index contributed by atoms with van der Waals surface area (Å²) in [6, 6.07) is 15.8. The van der Waals surface area contributed by atoms with Crippen molar-refractivity contribution < 1.29 is 19.4 Å². The van der Waals surface area contributed by atoms with Crippen molar-refractivity contribution in [2.75, 3.05) is 31.5 Å². The molecule has 4 heterocycles. The molecular weight excluding hydrogens is 626 g/mol. The number of nitrogens with zero attached hydrogens (tertiary/aromatic N) is 6. The number of aromatic nitrogens is 5. The van der Waals surface area contributed by atoms with Gasteiger partial charge < -0.3 is 29.9 Å². The lowest BCUT2D eigenvalue weighted by Crippen LogP contribution is -2.51. The van der Waals surface area contributed by atoms with Gasteiger partial charge in [-0.2, -0.15) is 9.61 Å². The Morgan fingerprint density at radius 2 is 1.79 bits per heavy atom. The predicted octanol–water partition coefficient (Wildman–Crippen LogP) is 3.32. The van der Waals surface area contributed by atoms with Crippen LogP contribution in [-0.2, 0) is 4.74 Å². The van der Waals surface area contributed by atoms with Crippen molar-refractivity contribution in [2.24, 2.45) is 4.99 Å². The first-order chi connectivity index (χ1) is 22.4. The molecule has 242 valence electrons. The number of hydrogen-bond donors (Lipinski definition) is 4. The molecule has 1 saturated heterocycles. The maximum atomic E-state index is 13.5. The molecule has 2 aromatic carbocycles. The third-order valence-electron chi connectivity index (χ3n) is 7.17. The van der Waals surface area contributed by atoms with E-state index in [9.17, 15) is 19.5 Å². The van der Waals surface area contributed by atoms with E-state index in [2.05, 4.69) is 20.4 Å². The summed E-state index contributed by atoms with van der Waals surface area (Å²) in [4.78, 5) is 55.3. The second-order valence-electron chi connectivity index (χ2n) is 11.9. The number of hydrogen-bond acceptors (Lipinski definition) is 9. The van der Waals surface area contributed by atoms with E-state index in [1.165, 1.54) is 16.8 Å². The quantitative estimate of drug-likeness (QED) is 0.223. The van der Waals surface area contributed by atoms with Crippen LogP contribution >= 0.6 is 11.6 Å². The molecule has 4 N–H and O–H groups in total. The first-order valence-corrected chi connectivity index (χ1v) is 15.2. The topological polar surface area (TPSA) is 173 Å². The largest absolute Gasteiger partial charge is 0.493 e. The molecule has 15 heteroatoms. The van der Waals surface area contributed by atoms with E-state index >= 15 is 0 Å². The molecule has 0 spiro atoms. The van der Waals surface area contributed by atoms with Crippen molar-refractivity contribution in [1.29, 1.82) is 0 Å². The molecular formula is C32H32ClN9O5. The lowest BCUT2D eigenvalue weighted by atomic mass is 10.1. The van der Waals surface area contributed by atoms with Crippen molar-refractivity contribution in [3.8, 4) is 5.88 Å². The van der Waals surface area contributed by atoms with Gasteiger partial charge in [0, 0.05) is 53.7 Å². The van der Waals surface area contributed by atoms with Gasteiger partial charge in [0.05, 0.1) is 11.9 Å². The molecule has 2 amide bonds. The number of rotatable bonds is 5. The summed E-state index contributed by atoms with van der Waals surface area (Å²) in [7, 11) is 0. The second-order valence-corrected chi connectivity index (χ2v) is 12.3. The highest BCUT2D eigenvalue weighted by Crippen LogP contribution is 2.20. The van der Waals surface area contributed by atoms with E-state index in [1.807, 2.05) is 26.8 Å². The third kappa shape index (κ3) is 7.28. The maximum Gasteiger partial charge on any atom is 0.410 e. The Morgan fingerprint density at radius 3 is 2.49 bits per heavy atom. The molecule has 0 aliphatic carbocycles. The Hall–Kier alpha value is -5.63. The smallest absolute Gasteiger partial charge is 0.410 e. The van der Waals surface area contributed by atoms with Crippen LogP contribution in [0.3, 0.4) is 0 Å². The van der Waals surface area contributed by atoms with Gasteiger partial charge in [-0.3, -0.25) is 9.78 Å². The SMILES string of the molecule is CC(C)(C)OC(=O)N1CCN(C(=O)c2cccc(N=c3cc(Nc4cccc(Cl)c4)nc4/c(=C/c5[nH]c(=O)[nH]c5O)cnn34)c2)CC1. The Kier molecular flexibility index (Phi) is 8.43. The van der Waals surface area contributed by atoms with Crippen LogP contribution in [-0.4, -0.2) is 83.3 Å². The van der Waals surface area contributed by atoms with Crippen LogP contribution < -0.4 is 21.7 Å². The average molecular weight is 658 g/mol. The number of fused-ring (bicyclic) bond motifs is 1. The van der Waals surface area contributed by atoms with Crippen LogP contribution in [0.15, 0.2) is 70.6 Å². The number of amides is 2. The van der Waals surface area contributed by atoms with Gasteiger partial charge in [0.2, 0.25) is 5.88 Å². The van der Waals surface area contributed by atoms with Gasteiger partial charge in [0.25, 0.3) is 5.91 Å². The van der Waals surface area contributed by atoms with Crippen molar-refractivity contribution in [2.45, 2.75) is 26.4 Å². The molecule has 0 unspecified atom stereocenters. The van der Waals surface area contributed by atoms with E-state index in [4.69, 9.17) is 26.3 Å². The minimum absolute atomic E-state index is 0.163. The van der Waals surface area contributed by atoms with E-state index in [-0.39, 0.29) is 17.5 Å². The highest BCUT2D eigenvalue weighted by atomic mass is 35.5. The fourth-order valence-corrected chi connectivity index (χ4v) is 5.20. The summed E-state index contributed by atoms with van der Waals surface area (Å²) in [6.45, 7) is 6.94. The lowest BCUT2D eigenvalue weighted by molar-refractivity contribution is 0.0141. The van der Waals surface area contributed by atoms with Crippen molar-refractivity contribution in [3.63, 3.8) is 0 Å². The molecule has 14 nitrogen and oxygen atoms in total. The van der Waals surface area contributed by atoms with E-state index in [0.29, 0.717) is 70.3 Å². The van der Waals surface area contributed by atoms with E-state index in [0.717, 1.165) is 0 Å². The summed E-state index contributed by atoms with van der Waals surface area (Å²) < 4.78 is 6.98. The number of benzene rings is 2. The van der Waals surface area contributed by atoms with Crippen molar-refractivity contribution in [3.05, 3.63) is 98.3 Å². The van der Waals surface area contributed by atoms with E-state index in [1.54, 1.807) is 58.3 Å². The highest BCUT2D eigenvalue weighted by molar-refractivity contribution is 6.30. The third-order valence-corrected chi connectivity index (χ3v) is 7.40. The number of H-pyrrole nitrogens is 2. The predicted molar refractivity (Wildman–Crippen MR) is 175 cm³/mol. The average Bonchev–Trinajstić information content (AvgIpc) is 3.57. The van der Waals surface area contributed by atoms with Crippen LogP contribution in [0.2, 0.25) is 5.02 Å². The minimum Gasteiger partial charge on any atom is -0.493 e. The molecule has 0 bridgehead atoms. The van der Waals surface area contributed by atoms with Crippen molar-refractivity contribution in [1.82, 2.24) is 34.4 Å². The molecule has 0 radical (unpaired) electrons. The van der Waals surface area contributed by atoms with Gasteiger partial charge in [-0.15, -0.1) is 0 Å². The Morgan fingerprint density at radius 1 is 1.04 bits per heavy atom. The number of aromatic amines is 2. The number of carbonyl (C=O) groups is 2. The summed E-state index contributed by atoms with van der Waals surface area (Å²) in [5, 5.41) is 18.8. The Labute approximate surface area is 273 Å². The molecule has 3 aromatic heterocycles. The number of nitrogens with one attached hydrogen (secondary N) is 3. The van der Waals surface area contributed by atoms with Crippen LogP contribution in [0.25, 0.3) is 11.7 Å². The maximum absolute atomic E-state index is 13.5. The second kappa shape index (κ2) is 12.6. The molecule has 1 fully saturated rings. The fraction of sp³-hybridized carbons (Fsp3) is 0.250. The van der Waals surface area contributed by atoms with Gasteiger partial charge in [0.1, 0.15) is 17.1 Å². The number of aromatic hydroxyl groups is 1. The standard InChI is InChI=1S/C32H32ClN9O5/c1-32(2,3)47-31(46)41-12-10-40(11-13-41)29(44)19-6-4-8-22(14-19)36-26-17-25(35-23-9-5-7-21(33)16-23)38-27-20(18-34-42(26)27)15-24-28(43)39-30(45)37-24/h4-9,14-18,35,43H,10-13H2,1-3H3,(H2,37,39,45)/b20-15+,36-26?. The summed E-state index contributed by atoms with van der Waals surface area (Å²) in [6.07, 6.45) is 2.68. The Balaban J connectivity index is 1.33. The number of carbonyl (C=O) groups excluding carboxylic acids is 2. The number of imidazole rings is 1. The zero-order chi connectivity index (χ0) is 33.3. The number of anilines is 2. The highest BCUT2D eigenvalue weighted by Gasteiger charge is 2.28. The molecule has 1 aliphatic heterocycles. The van der Waals surface area contributed by atoms with Gasteiger partial charge in [0.15, 0.2) is 11.1 Å². The Bertz CT molecular complexity index is 2160. The lowest BCUT2D eigenvalue weighted by Gasteiger charge is -2.35. The van der Waals surface area contributed by atoms with Crippen LogP contribution in [0.5, 0.6) is 5.88 Å². The zero-order valence-electron chi connectivity index (χ0n) is 25.8. The van der Waals surface area contributed by atoms with Gasteiger partial charge in [-0.25, -0.2) is 19.6 Å². The monoisotopic (exact) mass is 657 g/mol. The molecule has 47 heavy (non-hydrogen) atoms. The van der Waals surface area contributed by atoms with Gasteiger partial charge in [-0.05, 0) is 63.2 Å². The van der Waals surface area contributed by atoms with Gasteiger partial charge >= 0.3 is 11.8 Å². The van der Waals surface area contributed by atoms with Crippen molar-refractivity contribution >= 4 is 52.5 Å². The minimum atomic E-state index is -0.595. The van der Waals surface area contributed by atoms with Gasteiger partial charge in [-0.1, -0.05) is 23.7 Å². The fourth-order valence-electron chi connectivity index (χ4n) is 5.01. The normalized spacial score (nSPS) is 14.6.